The number of ketones is 1. The number of rotatable bonds is 3. The fraction of sp³-hybridized carbons (Fsp3) is 0.500. The van der Waals surface area contributed by atoms with Crippen LogP contribution in [0.4, 0.5) is 0 Å². The standard InChI is InChI=1S/C28H38N2O2.BrH/c1-26(2,3)19-11-10-17-15-30(25(29)20(17)14-19)16-23(31)18-12-21(27(4,5)6)24(32)22(13-18)28(7,8)9;/h10-14,29,32H,15-16H2,1-9H3;1H. The first kappa shape index (κ1) is 27.1. The van der Waals surface area contributed by atoms with E-state index in [0.29, 0.717) is 17.9 Å². The van der Waals surface area contributed by atoms with Crippen LogP contribution in [0.3, 0.4) is 0 Å². The largest absolute Gasteiger partial charge is 0.507 e. The molecule has 33 heavy (non-hydrogen) atoms. The second-order valence-corrected chi connectivity index (χ2v) is 12.2. The van der Waals surface area contributed by atoms with Gasteiger partial charge in [-0.25, -0.2) is 0 Å². The maximum Gasteiger partial charge on any atom is 0.182 e. The van der Waals surface area contributed by atoms with Crippen molar-refractivity contribution < 1.29 is 9.90 Å². The van der Waals surface area contributed by atoms with Crippen molar-refractivity contribution >= 4 is 28.6 Å². The summed E-state index contributed by atoms with van der Waals surface area (Å²) in [4.78, 5) is 15.2. The number of nitrogens with one attached hydrogen (secondary N) is 1. The van der Waals surface area contributed by atoms with Crippen molar-refractivity contribution in [2.45, 2.75) is 85.1 Å². The highest BCUT2D eigenvalue weighted by atomic mass is 79.9. The molecule has 3 rings (SSSR count). The van der Waals surface area contributed by atoms with Gasteiger partial charge in [0.15, 0.2) is 5.78 Å². The third-order valence-corrected chi connectivity index (χ3v) is 6.29. The molecule has 0 radical (unpaired) electrons. The molecule has 1 aliphatic rings. The van der Waals surface area contributed by atoms with E-state index in [-0.39, 0.29) is 51.3 Å². The van der Waals surface area contributed by atoms with Crippen LogP contribution in [0.15, 0.2) is 30.3 Å². The van der Waals surface area contributed by atoms with Crippen molar-refractivity contribution in [1.82, 2.24) is 4.90 Å². The molecule has 4 nitrogen and oxygen atoms in total. The van der Waals surface area contributed by atoms with Gasteiger partial charge < -0.3 is 10.0 Å². The van der Waals surface area contributed by atoms with Crippen LogP contribution in [0.5, 0.6) is 5.75 Å². The minimum atomic E-state index is -0.291. The number of amidine groups is 1. The zero-order chi connectivity index (χ0) is 24.2. The van der Waals surface area contributed by atoms with Crippen molar-refractivity contribution in [2.24, 2.45) is 0 Å². The Bertz CT molecular complexity index is 1050. The van der Waals surface area contributed by atoms with Gasteiger partial charge in [0.1, 0.15) is 11.6 Å². The molecule has 2 aromatic rings. The Balaban J connectivity index is 0.00000385. The molecule has 0 saturated carbocycles. The minimum absolute atomic E-state index is 0. The molecular formula is C28H39BrN2O2. The van der Waals surface area contributed by atoms with Gasteiger partial charge in [-0.3, -0.25) is 10.2 Å². The molecular weight excluding hydrogens is 476 g/mol. The lowest BCUT2D eigenvalue weighted by Crippen LogP contribution is -2.30. The van der Waals surface area contributed by atoms with Gasteiger partial charge in [-0.05, 0) is 45.6 Å². The Labute approximate surface area is 209 Å². The number of carbonyl (C=O) groups excluding carboxylic acids is 1. The van der Waals surface area contributed by atoms with Crippen LogP contribution in [0.2, 0.25) is 0 Å². The summed E-state index contributed by atoms with van der Waals surface area (Å²) >= 11 is 0. The predicted molar refractivity (Wildman–Crippen MR) is 143 cm³/mol. The fourth-order valence-corrected chi connectivity index (χ4v) is 4.19. The molecule has 0 unspecified atom stereocenters. The van der Waals surface area contributed by atoms with E-state index in [1.807, 2.05) is 58.6 Å². The minimum Gasteiger partial charge on any atom is -0.507 e. The van der Waals surface area contributed by atoms with Crippen molar-refractivity contribution in [1.29, 1.82) is 5.41 Å². The van der Waals surface area contributed by atoms with Crippen molar-refractivity contribution in [3.05, 3.63) is 63.7 Å². The van der Waals surface area contributed by atoms with E-state index in [2.05, 4.69) is 39.0 Å². The zero-order valence-corrected chi connectivity index (χ0v) is 23.2. The number of fused-ring (bicyclic) bond motifs is 1. The number of carbonyl (C=O) groups is 1. The van der Waals surface area contributed by atoms with Crippen LogP contribution >= 0.6 is 17.0 Å². The second-order valence-electron chi connectivity index (χ2n) is 12.2. The molecule has 180 valence electrons. The van der Waals surface area contributed by atoms with E-state index in [9.17, 15) is 9.90 Å². The quantitative estimate of drug-likeness (QED) is 0.438. The number of benzene rings is 2. The van der Waals surface area contributed by atoms with Crippen LogP contribution < -0.4 is 0 Å². The summed E-state index contributed by atoms with van der Waals surface area (Å²) in [6.07, 6.45) is 0. The number of phenols is 1. The first-order valence-electron chi connectivity index (χ1n) is 11.4. The summed E-state index contributed by atoms with van der Waals surface area (Å²) < 4.78 is 0. The highest BCUT2D eigenvalue weighted by Crippen LogP contribution is 2.40. The third-order valence-electron chi connectivity index (χ3n) is 6.29. The highest BCUT2D eigenvalue weighted by molar-refractivity contribution is 8.93. The van der Waals surface area contributed by atoms with Crippen molar-refractivity contribution in [3.63, 3.8) is 0 Å². The van der Waals surface area contributed by atoms with Crippen LogP contribution in [0, 0.1) is 5.41 Å². The van der Waals surface area contributed by atoms with Crippen LogP contribution in [0.25, 0.3) is 0 Å². The Kier molecular flexibility index (Phi) is 7.31. The van der Waals surface area contributed by atoms with Crippen LogP contribution in [0.1, 0.15) is 100 Å². The number of halogens is 1. The van der Waals surface area contributed by atoms with Gasteiger partial charge in [-0.1, -0.05) is 74.4 Å². The Morgan fingerprint density at radius 2 is 1.42 bits per heavy atom. The molecule has 0 fully saturated rings. The molecule has 1 heterocycles. The molecule has 0 spiro atoms. The molecule has 0 aliphatic carbocycles. The number of aromatic hydroxyl groups is 1. The summed E-state index contributed by atoms with van der Waals surface area (Å²) in [7, 11) is 0. The SMILES string of the molecule is Br.CC(C)(C)c1ccc2c(c1)C(=N)N(CC(=O)c1cc(C(C)(C)C)c(O)c(C(C)(C)C)c1)C2. The predicted octanol–water partition coefficient (Wildman–Crippen LogP) is 6.89. The number of phenolic OH excluding ortho intramolecular Hbond substituents is 1. The van der Waals surface area contributed by atoms with Crippen LogP contribution in [-0.4, -0.2) is 28.2 Å². The van der Waals surface area contributed by atoms with Gasteiger partial charge in [0.2, 0.25) is 0 Å². The molecule has 5 heteroatoms. The monoisotopic (exact) mass is 514 g/mol. The molecule has 2 N–H and O–H groups in total. The van der Waals surface area contributed by atoms with Gasteiger partial charge in [0, 0.05) is 28.8 Å². The van der Waals surface area contributed by atoms with E-state index in [0.717, 1.165) is 22.3 Å². The first-order valence-corrected chi connectivity index (χ1v) is 11.4. The Hall–Kier alpha value is -2.14. The lowest BCUT2D eigenvalue weighted by atomic mass is 9.78. The van der Waals surface area contributed by atoms with Crippen LogP contribution in [-0.2, 0) is 22.8 Å². The number of Topliss-reactive ketones (excluding diaryl/α,β-unsaturated/α-hetero) is 1. The molecule has 0 bridgehead atoms. The fourth-order valence-electron chi connectivity index (χ4n) is 4.19. The maximum atomic E-state index is 13.4. The van der Waals surface area contributed by atoms with Gasteiger partial charge in [0.25, 0.3) is 0 Å². The average Bonchev–Trinajstić information content (AvgIpc) is 2.94. The van der Waals surface area contributed by atoms with Crippen molar-refractivity contribution in [2.75, 3.05) is 6.54 Å². The zero-order valence-electron chi connectivity index (χ0n) is 21.5. The average molecular weight is 516 g/mol. The molecule has 2 aromatic carbocycles. The summed E-state index contributed by atoms with van der Waals surface area (Å²) in [5.74, 6) is 0.650. The maximum absolute atomic E-state index is 13.4. The lowest BCUT2D eigenvalue weighted by Gasteiger charge is -2.28. The van der Waals surface area contributed by atoms with E-state index >= 15 is 0 Å². The van der Waals surface area contributed by atoms with Crippen molar-refractivity contribution in [3.8, 4) is 5.75 Å². The first-order chi connectivity index (χ1) is 14.5. The third kappa shape index (κ3) is 5.51. The summed E-state index contributed by atoms with van der Waals surface area (Å²) in [5.41, 5.74) is 4.78. The number of hydrogen-bond donors (Lipinski definition) is 2. The number of hydrogen-bond acceptors (Lipinski definition) is 3. The molecule has 0 amide bonds. The number of nitrogens with zero attached hydrogens (tertiary/aromatic N) is 1. The smallest absolute Gasteiger partial charge is 0.182 e. The lowest BCUT2D eigenvalue weighted by molar-refractivity contribution is 0.0962. The molecule has 0 saturated heterocycles. The summed E-state index contributed by atoms with van der Waals surface area (Å²) in [6.45, 7) is 19.5. The van der Waals surface area contributed by atoms with Gasteiger partial charge in [0.05, 0.1) is 6.54 Å². The highest BCUT2D eigenvalue weighted by Gasteiger charge is 2.31. The van der Waals surface area contributed by atoms with Gasteiger partial charge in [-0.2, -0.15) is 0 Å². The van der Waals surface area contributed by atoms with E-state index < -0.39 is 0 Å². The second kappa shape index (κ2) is 8.90. The van der Waals surface area contributed by atoms with Gasteiger partial charge >= 0.3 is 0 Å². The molecule has 1 aliphatic heterocycles. The summed E-state index contributed by atoms with van der Waals surface area (Å²) in [5, 5.41) is 19.6. The topological polar surface area (TPSA) is 64.4 Å². The summed E-state index contributed by atoms with van der Waals surface area (Å²) in [6, 6.07) is 9.97. The van der Waals surface area contributed by atoms with E-state index in [1.165, 1.54) is 5.56 Å². The van der Waals surface area contributed by atoms with E-state index in [1.54, 1.807) is 0 Å². The Morgan fingerprint density at radius 3 is 1.88 bits per heavy atom. The Morgan fingerprint density at radius 1 is 0.909 bits per heavy atom. The van der Waals surface area contributed by atoms with Gasteiger partial charge in [-0.15, -0.1) is 17.0 Å². The normalized spacial score (nSPS) is 14.2. The molecule has 0 atom stereocenters. The van der Waals surface area contributed by atoms with E-state index in [4.69, 9.17) is 5.41 Å². The molecule has 0 aromatic heterocycles.